The molecule has 4 rings (SSSR count). The van der Waals surface area contributed by atoms with Crippen LogP contribution in [0.2, 0.25) is 0 Å². The average Bonchev–Trinajstić information content (AvgIpc) is 2.99. The number of thiophene rings is 1. The van der Waals surface area contributed by atoms with Gasteiger partial charge in [-0.25, -0.2) is 4.98 Å². The number of benzene rings is 1. The van der Waals surface area contributed by atoms with E-state index in [1.807, 2.05) is 0 Å². The molecular formula is C19H19N3O3S. The number of nitrogens with zero attached hydrogens (tertiary/aromatic N) is 3. The highest BCUT2D eigenvalue weighted by molar-refractivity contribution is 7.18. The lowest BCUT2D eigenvalue weighted by atomic mass is 9.97. The summed E-state index contributed by atoms with van der Waals surface area (Å²) in [6.45, 7) is 1.78. The van der Waals surface area contributed by atoms with Crippen molar-refractivity contribution in [2.75, 3.05) is 7.11 Å². The summed E-state index contributed by atoms with van der Waals surface area (Å²) < 4.78 is 6.37. The summed E-state index contributed by atoms with van der Waals surface area (Å²) in [5.41, 5.74) is 1.70. The van der Waals surface area contributed by atoms with Gasteiger partial charge in [0.05, 0.1) is 18.7 Å². The van der Waals surface area contributed by atoms with Crippen molar-refractivity contribution in [2.45, 2.75) is 32.6 Å². The van der Waals surface area contributed by atoms with Crippen molar-refractivity contribution < 1.29 is 9.84 Å². The van der Waals surface area contributed by atoms with Gasteiger partial charge in [0.25, 0.3) is 5.56 Å². The molecule has 26 heavy (non-hydrogen) atoms. The third kappa shape index (κ3) is 2.78. The van der Waals surface area contributed by atoms with Crippen molar-refractivity contribution in [3.63, 3.8) is 0 Å². The zero-order valence-electron chi connectivity index (χ0n) is 14.7. The average molecular weight is 369 g/mol. The van der Waals surface area contributed by atoms with Crippen LogP contribution in [0.25, 0.3) is 10.2 Å². The number of aromatic hydroxyl groups is 1. The molecule has 0 spiro atoms. The van der Waals surface area contributed by atoms with Crippen molar-refractivity contribution in [3.05, 3.63) is 50.4 Å². The van der Waals surface area contributed by atoms with E-state index in [2.05, 4.69) is 10.1 Å². The monoisotopic (exact) mass is 369 g/mol. The Hall–Kier alpha value is -2.67. The Balaban J connectivity index is 1.79. The lowest BCUT2D eigenvalue weighted by Gasteiger charge is -2.10. The molecule has 1 N–H and O–H groups in total. The van der Waals surface area contributed by atoms with E-state index >= 15 is 0 Å². The number of fused-ring (bicyclic) bond motifs is 3. The van der Waals surface area contributed by atoms with Crippen LogP contribution in [0, 0.1) is 6.92 Å². The molecule has 7 heteroatoms. The first-order valence-electron chi connectivity index (χ1n) is 8.53. The van der Waals surface area contributed by atoms with Gasteiger partial charge in [0, 0.05) is 4.88 Å². The minimum atomic E-state index is -0.124. The lowest BCUT2D eigenvalue weighted by molar-refractivity contribution is 0.373. The molecular weight excluding hydrogens is 350 g/mol. The summed E-state index contributed by atoms with van der Waals surface area (Å²) in [4.78, 5) is 19.7. The smallest absolute Gasteiger partial charge is 0.283 e. The second kappa shape index (κ2) is 6.57. The van der Waals surface area contributed by atoms with Crippen LogP contribution in [-0.4, -0.2) is 28.1 Å². The summed E-state index contributed by atoms with van der Waals surface area (Å²) in [5.74, 6) is 0.972. The molecule has 2 heterocycles. The summed E-state index contributed by atoms with van der Waals surface area (Å²) in [7, 11) is 1.49. The Morgan fingerprint density at radius 3 is 2.92 bits per heavy atom. The van der Waals surface area contributed by atoms with Gasteiger partial charge in [0.2, 0.25) is 0 Å². The van der Waals surface area contributed by atoms with Crippen molar-refractivity contribution in [2.24, 2.45) is 5.10 Å². The number of aryl methyl sites for hydroxylation is 3. The van der Waals surface area contributed by atoms with Crippen LogP contribution >= 0.6 is 11.3 Å². The minimum Gasteiger partial charge on any atom is -0.504 e. The van der Waals surface area contributed by atoms with Gasteiger partial charge in [-0.05, 0) is 61.9 Å². The number of ether oxygens (including phenoxy) is 1. The molecule has 2 aromatic heterocycles. The van der Waals surface area contributed by atoms with Gasteiger partial charge in [-0.2, -0.15) is 9.78 Å². The molecule has 0 amide bonds. The summed E-state index contributed by atoms with van der Waals surface area (Å²) in [6.07, 6.45) is 5.79. The topological polar surface area (TPSA) is 76.7 Å². The van der Waals surface area contributed by atoms with Gasteiger partial charge >= 0.3 is 0 Å². The highest BCUT2D eigenvalue weighted by atomic mass is 32.1. The number of phenols is 1. The number of methoxy groups -OCH3 is 1. The number of rotatable bonds is 3. The highest BCUT2D eigenvalue weighted by Crippen LogP contribution is 2.33. The van der Waals surface area contributed by atoms with E-state index in [1.54, 1.807) is 42.7 Å². The van der Waals surface area contributed by atoms with Gasteiger partial charge in [-0.3, -0.25) is 4.79 Å². The SMILES string of the molecule is COc1ccc(/C=N/n2c(C)nc3sc4c(c3c2=O)CCCC4)cc1O. The molecule has 0 atom stereocenters. The number of phenolic OH excluding ortho intramolecular Hbond substituents is 1. The van der Waals surface area contributed by atoms with Crippen LogP contribution < -0.4 is 10.3 Å². The van der Waals surface area contributed by atoms with E-state index in [0.29, 0.717) is 22.5 Å². The van der Waals surface area contributed by atoms with Crippen molar-refractivity contribution >= 4 is 27.8 Å². The second-order valence-electron chi connectivity index (χ2n) is 6.34. The first-order chi connectivity index (χ1) is 12.6. The molecule has 0 aliphatic heterocycles. The van der Waals surface area contributed by atoms with E-state index in [1.165, 1.54) is 23.1 Å². The fourth-order valence-electron chi connectivity index (χ4n) is 3.35. The molecule has 6 nitrogen and oxygen atoms in total. The quantitative estimate of drug-likeness (QED) is 0.719. The van der Waals surface area contributed by atoms with Crippen LogP contribution in [0.5, 0.6) is 11.5 Å². The normalized spacial score (nSPS) is 14.1. The molecule has 0 bridgehead atoms. The molecule has 134 valence electrons. The van der Waals surface area contributed by atoms with Gasteiger partial charge in [-0.15, -0.1) is 11.3 Å². The van der Waals surface area contributed by atoms with Crippen molar-refractivity contribution in [1.29, 1.82) is 0 Å². The molecule has 1 aromatic carbocycles. The van der Waals surface area contributed by atoms with Crippen LogP contribution in [0.3, 0.4) is 0 Å². The van der Waals surface area contributed by atoms with Crippen molar-refractivity contribution in [1.82, 2.24) is 9.66 Å². The molecule has 0 radical (unpaired) electrons. The summed E-state index contributed by atoms with van der Waals surface area (Å²) in [5, 5.41) is 14.9. The maximum absolute atomic E-state index is 13.0. The summed E-state index contributed by atoms with van der Waals surface area (Å²) in [6, 6.07) is 4.96. The zero-order chi connectivity index (χ0) is 18.3. The van der Waals surface area contributed by atoms with E-state index in [0.717, 1.165) is 29.7 Å². The van der Waals surface area contributed by atoms with E-state index in [4.69, 9.17) is 4.74 Å². The zero-order valence-corrected chi connectivity index (χ0v) is 15.5. The third-order valence-corrected chi connectivity index (χ3v) is 5.84. The summed E-state index contributed by atoms with van der Waals surface area (Å²) >= 11 is 1.63. The largest absolute Gasteiger partial charge is 0.504 e. The number of hydrogen-bond acceptors (Lipinski definition) is 6. The fraction of sp³-hybridized carbons (Fsp3) is 0.316. The van der Waals surface area contributed by atoms with Crippen LogP contribution in [0.1, 0.15) is 34.7 Å². The van der Waals surface area contributed by atoms with Crippen LogP contribution in [-0.2, 0) is 12.8 Å². The van der Waals surface area contributed by atoms with Crippen LogP contribution in [0.4, 0.5) is 0 Å². The van der Waals surface area contributed by atoms with E-state index in [-0.39, 0.29) is 11.3 Å². The Labute approximate surface area is 154 Å². The fourth-order valence-corrected chi connectivity index (χ4v) is 4.64. The maximum Gasteiger partial charge on any atom is 0.283 e. The lowest BCUT2D eigenvalue weighted by Crippen LogP contribution is -2.21. The van der Waals surface area contributed by atoms with E-state index in [9.17, 15) is 9.90 Å². The molecule has 1 aliphatic rings. The Morgan fingerprint density at radius 2 is 2.15 bits per heavy atom. The third-order valence-electron chi connectivity index (χ3n) is 4.65. The van der Waals surface area contributed by atoms with Gasteiger partial charge in [-0.1, -0.05) is 0 Å². The number of hydrogen-bond donors (Lipinski definition) is 1. The molecule has 0 saturated carbocycles. The van der Waals surface area contributed by atoms with Crippen molar-refractivity contribution in [3.8, 4) is 11.5 Å². The maximum atomic E-state index is 13.0. The molecule has 1 aliphatic carbocycles. The first-order valence-corrected chi connectivity index (χ1v) is 9.35. The highest BCUT2D eigenvalue weighted by Gasteiger charge is 2.21. The van der Waals surface area contributed by atoms with Crippen LogP contribution in [0.15, 0.2) is 28.1 Å². The first kappa shape index (κ1) is 16.8. The second-order valence-corrected chi connectivity index (χ2v) is 7.43. The Morgan fingerprint density at radius 1 is 1.35 bits per heavy atom. The number of aromatic nitrogens is 2. The van der Waals surface area contributed by atoms with Gasteiger partial charge in [0.1, 0.15) is 10.7 Å². The minimum absolute atomic E-state index is 0.0287. The molecule has 0 saturated heterocycles. The molecule has 3 aromatic rings. The predicted octanol–water partition coefficient (Wildman–Crippen LogP) is 3.24. The Bertz CT molecular complexity index is 1080. The van der Waals surface area contributed by atoms with E-state index < -0.39 is 0 Å². The molecule has 0 unspecified atom stereocenters. The van der Waals surface area contributed by atoms with Gasteiger partial charge < -0.3 is 9.84 Å². The van der Waals surface area contributed by atoms with Gasteiger partial charge in [0.15, 0.2) is 11.5 Å². The standard InChI is InChI=1S/C19H19N3O3S/c1-11-21-18-17(13-5-3-4-6-16(13)26-18)19(24)22(11)20-10-12-7-8-15(25-2)14(23)9-12/h7-10,23H,3-6H2,1-2H3/b20-10+. The predicted molar refractivity (Wildman–Crippen MR) is 103 cm³/mol. The Kier molecular flexibility index (Phi) is 4.24. The molecule has 0 fully saturated rings.